The van der Waals surface area contributed by atoms with Crippen LogP contribution >= 0.6 is 23.1 Å². The fraction of sp³-hybridized carbons (Fsp3) is 0.158. The highest BCUT2D eigenvalue weighted by Gasteiger charge is 2.09. The lowest BCUT2D eigenvalue weighted by molar-refractivity contribution is -0.120. The van der Waals surface area contributed by atoms with Gasteiger partial charge in [0.25, 0.3) is 5.56 Å². The largest absolute Gasteiger partial charge is 0.351 e. The third-order valence-electron chi connectivity index (χ3n) is 3.66. The summed E-state index contributed by atoms with van der Waals surface area (Å²) in [4.78, 5) is 32.1. The van der Waals surface area contributed by atoms with Crippen molar-refractivity contribution < 1.29 is 4.79 Å². The molecule has 0 atom stereocenters. The molecule has 6 nitrogen and oxygen atoms in total. The highest BCUT2D eigenvalue weighted by molar-refractivity contribution is 7.98. The lowest BCUT2D eigenvalue weighted by Crippen LogP contribution is -2.25. The molecule has 2 heterocycles. The number of hydrogen-bond acceptors (Lipinski definition) is 6. The van der Waals surface area contributed by atoms with E-state index in [0.717, 1.165) is 10.4 Å². The molecular formula is C19H16N4O2S2. The summed E-state index contributed by atoms with van der Waals surface area (Å²) in [6.45, 7) is 0.465. The average molecular weight is 396 g/mol. The molecule has 2 N–H and O–H groups in total. The molecule has 0 aliphatic carbocycles. The van der Waals surface area contributed by atoms with Crippen LogP contribution in [0.1, 0.15) is 21.7 Å². The summed E-state index contributed by atoms with van der Waals surface area (Å²) in [7, 11) is 0. The second-order valence-corrected chi connectivity index (χ2v) is 7.63. The first-order valence-corrected chi connectivity index (χ1v) is 10.0. The molecule has 0 saturated carbocycles. The smallest absolute Gasteiger partial charge is 0.251 e. The number of rotatable bonds is 7. The molecule has 0 saturated heterocycles. The van der Waals surface area contributed by atoms with Crippen molar-refractivity contribution in [3.05, 3.63) is 79.9 Å². The number of nitrogens with one attached hydrogen (secondary N) is 2. The maximum Gasteiger partial charge on any atom is 0.251 e. The second-order valence-electron chi connectivity index (χ2n) is 5.63. The van der Waals surface area contributed by atoms with Gasteiger partial charge in [-0.3, -0.25) is 9.59 Å². The van der Waals surface area contributed by atoms with Gasteiger partial charge >= 0.3 is 0 Å². The Morgan fingerprint density at radius 2 is 2.15 bits per heavy atom. The number of thioether (sulfide) groups is 1. The van der Waals surface area contributed by atoms with Gasteiger partial charge in [0.15, 0.2) is 5.16 Å². The molecule has 0 spiro atoms. The Bertz CT molecular complexity index is 1020. The van der Waals surface area contributed by atoms with Gasteiger partial charge in [0.1, 0.15) is 0 Å². The topological polar surface area (TPSA) is 98.6 Å². The Labute approximate surface area is 164 Å². The molecule has 3 rings (SSSR count). The maximum absolute atomic E-state index is 12.1. The Morgan fingerprint density at radius 3 is 2.93 bits per heavy atom. The summed E-state index contributed by atoms with van der Waals surface area (Å²) in [5, 5.41) is 14.3. The normalized spacial score (nSPS) is 10.3. The quantitative estimate of drug-likeness (QED) is 0.473. The fourth-order valence-corrected chi connectivity index (χ4v) is 3.91. The van der Waals surface area contributed by atoms with E-state index in [1.165, 1.54) is 17.8 Å². The van der Waals surface area contributed by atoms with Crippen LogP contribution in [0.5, 0.6) is 0 Å². The number of nitriles is 1. The summed E-state index contributed by atoms with van der Waals surface area (Å²) >= 11 is 2.89. The molecular weight excluding hydrogens is 380 g/mol. The van der Waals surface area contributed by atoms with E-state index in [1.54, 1.807) is 17.4 Å². The van der Waals surface area contributed by atoms with Gasteiger partial charge in [-0.15, -0.1) is 11.3 Å². The van der Waals surface area contributed by atoms with Crippen molar-refractivity contribution in [2.45, 2.75) is 23.9 Å². The number of carbonyl (C=O) groups is 1. The van der Waals surface area contributed by atoms with Crippen LogP contribution in [0, 0.1) is 11.3 Å². The molecule has 0 bridgehead atoms. The van der Waals surface area contributed by atoms with Crippen LogP contribution in [0.25, 0.3) is 0 Å². The van der Waals surface area contributed by atoms with E-state index in [4.69, 9.17) is 5.26 Å². The monoisotopic (exact) mass is 396 g/mol. The van der Waals surface area contributed by atoms with Gasteiger partial charge in [0, 0.05) is 16.7 Å². The zero-order chi connectivity index (χ0) is 19.1. The number of aromatic nitrogens is 2. The summed E-state index contributed by atoms with van der Waals surface area (Å²) in [5.41, 5.74) is 1.57. The molecule has 1 amide bonds. The molecule has 27 heavy (non-hydrogen) atoms. The predicted molar refractivity (Wildman–Crippen MR) is 105 cm³/mol. The van der Waals surface area contributed by atoms with Crippen molar-refractivity contribution in [2.24, 2.45) is 0 Å². The summed E-state index contributed by atoms with van der Waals surface area (Å²) in [6, 6.07) is 14.6. The molecule has 0 fully saturated rings. The van der Waals surface area contributed by atoms with E-state index in [9.17, 15) is 9.59 Å². The molecule has 0 unspecified atom stereocenters. The zero-order valence-corrected chi connectivity index (χ0v) is 15.9. The molecule has 3 aromatic rings. The van der Waals surface area contributed by atoms with E-state index >= 15 is 0 Å². The number of amides is 1. The zero-order valence-electron chi connectivity index (χ0n) is 14.3. The van der Waals surface area contributed by atoms with Gasteiger partial charge in [0.05, 0.1) is 30.3 Å². The van der Waals surface area contributed by atoms with Crippen LogP contribution < -0.4 is 10.9 Å². The van der Waals surface area contributed by atoms with Crippen LogP contribution in [0.15, 0.2) is 57.8 Å². The van der Waals surface area contributed by atoms with Crippen LogP contribution in [0.4, 0.5) is 0 Å². The lowest BCUT2D eigenvalue weighted by atomic mass is 10.1. The average Bonchev–Trinajstić information content (AvgIpc) is 3.18. The number of aromatic amines is 1. The van der Waals surface area contributed by atoms with Gasteiger partial charge in [-0.05, 0) is 23.1 Å². The Balaban J connectivity index is 1.62. The summed E-state index contributed by atoms with van der Waals surface area (Å²) in [5.74, 6) is 0.313. The van der Waals surface area contributed by atoms with Crippen LogP contribution in [0.2, 0.25) is 0 Å². The minimum absolute atomic E-state index is 0.0393. The van der Waals surface area contributed by atoms with E-state index in [2.05, 4.69) is 21.4 Å². The number of hydrogen-bond donors (Lipinski definition) is 2. The number of thiophene rings is 1. The SMILES string of the molecule is N#Cc1ccccc1CSc1nc(CC(=O)NCc2cccs2)cc(=O)[nH]1. The van der Waals surface area contributed by atoms with Gasteiger partial charge in [-0.2, -0.15) is 5.26 Å². The third kappa shape index (κ3) is 5.54. The third-order valence-corrected chi connectivity index (χ3v) is 5.46. The maximum atomic E-state index is 12.1. The highest BCUT2D eigenvalue weighted by atomic mass is 32.2. The van der Waals surface area contributed by atoms with Crippen LogP contribution in [0.3, 0.4) is 0 Å². The van der Waals surface area contributed by atoms with Crippen molar-refractivity contribution in [2.75, 3.05) is 0 Å². The Kier molecular flexibility index (Phi) is 6.41. The van der Waals surface area contributed by atoms with Gasteiger partial charge in [-0.25, -0.2) is 4.98 Å². The molecule has 1 aromatic carbocycles. The number of H-pyrrole nitrogens is 1. The lowest BCUT2D eigenvalue weighted by Gasteiger charge is -2.06. The van der Waals surface area contributed by atoms with Crippen molar-refractivity contribution >= 4 is 29.0 Å². The van der Waals surface area contributed by atoms with Gasteiger partial charge in [0.2, 0.25) is 5.91 Å². The predicted octanol–water partition coefficient (Wildman–Crippen LogP) is 2.85. The van der Waals surface area contributed by atoms with Crippen molar-refractivity contribution in [1.29, 1.82) is 5.26 Å². The molecule has 0 aliphatic heterocycles. The van der Waals surface area contributed by atoms with Crippen molar-refractivity contribution in [3.8, 4) is 6.07 Å². The molecule has 2 aromatic heterocycles. The fourth-order valence-electron chi connectivity index (χ4n) is 2.37. The van der Waals surface area contributed by atoms with Crippen LogP contribution in [-0.2, 0) is 23.5 Å². The van der Waals surface area contributed by atoms with E-state index in [-0.39, 0.29) is 17.9 Å². The number of carbonyl (C=O) groups excluding carboxylic acids is 1. The first-order valence-electron chi connectivity index (χ1n) is 8.14. The molecule has 136 valence electrons. The first-order chi connectivity index (χ1) is 13.1. The molecule has 8 heteroatoms. The minimum atomic E-state index is -0.304. The van der Waals surface area contributed by atoms with E-state index in [1.807, 2.05) is 35.7 Å². The molecule has 0 radical (unpaired) electrons. The highest BCUT2D eigenvalue weighted by Crippen LogP contribution is 2.20. The van der Waals surface area contributed by atoms with E-state index < -0.39 is 0 Å². The Hall–Kier alpha value is -2.89. The summed E-state index contributed by atoms with van der Waals surface area (Å²) < 4.78 is 0. The minimum Gasteiger partial charge on any atom is -0.351 e. The van der Waals surface area contributed by atoms with Gasteiger partial charge < -0.3 is 10.3 Å². The van der Waals surface area contributed by atoms with Crippen LogP contribution in [-0.4, -0.2) is 15.9 Å². The van der Waals surface area contributed by atoms with Crippen molar-refractivity contribution in [3.63, 3.8) is 0 Å². The van der Waals surface area contributed by atoms with Gasteiger partial charge in [-0.1, -0.05) is 36.0 Å². The number of benzene rings is 1. The standard InChI is InChI=1S/C19H16N4O2S2/c20-10-13-4-1-2-5-14(13)12-27-19-22-15(9-18(25)23-19)8-17(24)21-11-16-6-3-7-26-16/h1-7,9H,8,11-12H2,(H,21,24)(H,22,23,25). The van der Waals surface area contributed by atoms with E-state index in [0.29, 0.717) is 28.7 Å². The molecule has 0 aliphatic rings. The summed E-state index contributed by atoms with van der Waals surface area (Å²) in [6.07, 6.45) is 0.0393. The number of nitrogens with zero attached hydrogens (tertiary/aromatic N) is 2. The van der Waals surface area contributed by atoms with Crippen molar-refractivity contribution in [1.82, 2.24) is 15.3 Å². The first kappa shape index (κ1) is 18.9. The second kappa shape index (κ2) is 9.16. The Morgan fingerprint density at radius 1 is 1.30 bits per heavy atom.